The van der Waals surface area contributed by atoms with E-state index >= 15 is 0 Å². The van der Waals surface area contributed by atoms with Gasteiger partial charge in [-0.05, 0) is 56.8 Å². The molecule has 0 radical (unpaired) electrons. The molecule has 1 aromatic carbocycles. The molecule has 3 saturated heterocycles. The van der Waals surface area contributed by atoms with Crippen molar-refractivity contribution >= 4 is 6.09 Å². The fourth-order valence-corrected chi connectivity index (χ4v) is 4.87. The minimum absolute atomic E-state index is 0.291. The summed E-state index contributed by atoms with van der Waals surface area (Å²) in [5, 5.41) is 2.78. The Morgan fingerprint density at radius 3 is 2.87 bits per heavy atom. The number of hydrogen-bond donors (Lipinski definition) is 1. The number of fused-ring (bicyclic) bond motifs is 3. The number of piperidine rings is 3. The highest BCUT2D eigenvalue weighted by atomic mass is 16.5. The fourth-order valence-electron chi connectivity index (χ4n) is 4.87. The maximum atomic E-state index is 11.8. The Morgan fingerprint density at radius 2 is 2.13 bits per heavy atom. The maximum Gasteiger partial charge on any atom is 0.407 e. The topological polar surface area (TPSA) is 76.6 Å². The summed E-state index contributed by atoms with van der Waals surface area (Å²) < 4.78 is 11.0. The number of amides is 1. The molecule has 3 aliphatic heterocycles. The fraction of sp³-hybridized carbons (Fsp3) is 0.542. The molecule has 0 spiro atoms. The normalized spacial score (nSPS) is 24.6. The second-order valence-electron chi connectivity index (χ2n) is 8.49. The first-order chi connectivity index (χ1) is 15.1. The van der Waals surface area contributed by atoms with Gasteiger partial charge in [0.1, 0.15) is 18.2 Å². The Hall–Kier alpha value is -2.67. The molecule has 31 heavy (non-hydrogen) atoms. The van der Waals surface area contributed by atoms with E-state index in [4.69, 9.17) is 14.5 Å². The number of nitrogens with zero attached hydrogens (tertiary/aromatic N) is 3. The number of aryl methyl sites for hydroxylation is 1. The first kappa shape index (κ1) is 21.6. The Kier molecular flexibility index (Phi) is 6.70. The van der Waals surface area contributed by atoms with Gasteiger partial charge in [0, 0.05) is 36.3 Å². The Balaban J connectivity index is 1.48. The molecule has 0 saturated carbocycles. The van der Waals surface area contributed by atoms with E-state index in [0.29, 0.717) is 31.0 Å². The van der Waals surface area contributed by atoms with E-state index in [9.17, 15) is 4.79 Å². The van der Waals surface area contributed by atoms with Gasteiger partial charge < -0.3 is 14.8 Å². The molecule has 3 fully saturated rings. The van der Waals surface area contributed by atoms with Crippen LogP contribution in [0.25, 0.3) is 11.3 Å². The molecule has 4 atom stereocenters. The highest BCUT2D eigenvalue weighted by Gasteiger charge is 2.42. The number of rotatable bonds is 7. The van der Waals surface area contributed by atoms with E-state index in [1.165, 1.54) is 0 Å². The summed E-state index contributed by atoms with van der Waals surface area (Å²) in [5.41, 5.74) is 2.99. The van der Waals surface area contributed by atoms with Gasteiger partial charge in [0.25, 0.3) is 0 Å². The zero-order valence-electron chi connectivity index (χ0n) is 18.6. The van der Waals surface area contributed by atoms with Crippen molar-refractivity contribution in [2.75, 3.05) is 33.4 Å². The van der Waals surface area contributed by atoms with Crippen LogP contribution in [0.2, 0.25) is 0 Å². The second-order valence-corrected chi connectivity index (χ2v) is 8.49. The van der Waals surface area contributed by atoms with Gasteiger partial charge in [-0.15, -0.1) is 0 Å². The average molecular weight is 425 g/mol. The number of benzene rings is 1. The zero-order chi connectivity index (χ0) is 21.8. The van der Waals surface area contributed by atoms with Gasteiger partial charge in [-0.1, -0.05) is 19.1 Å². The number of methoxy groups -OCH3 is 1. The molecule has 7 nitrogen and oxygen atoms in total. The first-order valence-corrected chi connectivity index (χ1v) is 11.2. The van der Waals surface area contributed by atoms with Crippen molar-refractivity contribution in [3.63, 3.8) is 0 Å². The van der Waals surface area contributed by atoms with E-state index in [0.717, 1.165) is 60.9 Å². The van der Waals surface area contributed by atoms with Gasteiger partial charge in [-0.2, -0.15) is 0 Å². The molecule has 0 aliphatic carbocycles. The third-order valence-electron chi connectivity index (χ3n) is 6.43. The predicted molar refractivity (Wildman–Crippen MR) is 119 cm³/mol. The van der Waals surface area contributed by atoms with Gasteiger partial charge in [0.2, 0.25) is 0 Å². The van der Waals surface area contributed by atoms with Crippen molar-refractivity contribution in [2.24, 2.45) is 5.92 Å². The number of carbonyl (C=O) groups is 1. The summed E-state index contributed by atoms with van der Waals surface area (Å²) in [6, 6.07) is 10.4. The number of alkyl carbamates (subject to hydrolysis) is 1. The number of para-hydroxylation sites is 1. The van der Waals surface area contributed by atoms with E-state index in [1.807, 2.05) is 38.1 Å². The molecule has 2 aromatic rings. The van der Waals surface area contributed by atoms with E-state index in [2.05, 4.69) is 21.3 Å². The molecule has 2 bridgehead atoms. The van der Waals surface area contributed by atoms with Crippen LogP contribution in [0, 0.1) is 12.8 Å². The summed E-state index contributed by atoms with van der Waals surface area (Å²) in [7, 11) is 1.69. The molecule has 3 aliphatic rings. The molecule has 5 rings (SSSR count). The molecular formula is C24H32N4O3. The summed E-state index contributed by atoms with van der Waals surface area (Å²) in [6.07, 6.45) is 2.77. The highest BCUT2D eigenvalue weighted by Crippen LogP contribution is 2.42. The van der Waals surface area contributed by atoms with Gasteiger partial charge in [0.15, 0.2) is 0 Å². The van der Waals surface area contributed by atoms with Crippen LogP contribution >= 0.6 is 0 Å². The van der Waals surface area contributed by atoms with Gasteiger partial charge in [-0.25, -0.2) is 14.8 Å². The lowest BCUT2D eigenvalue weighted by Gasteiger charge is -2.49. The molecule has 166 valence electrons. The van der Waals surface area contributed by atoms with Crippen LogP contribution in [-0.4, -0.2) is 60.4 Å². The molecule has 1 amide bonds. The van der Waals surface area contributed by atoms with Crippen LogP contribution in [0.3, 0.4) is 0 Å². The summed E-state index contributed by atoms with van der Waals surface area (Å²) in [6.45, 7) is 7.08. The van der Waals surface area contributed by atoms with Crippen LogP contribution in [0.4, 0.5) is 4.79 Å². The molecular weight excluding hydrogens is 392 g/mol. The predicted octanol–water partition coefficient (Wildman–Crippen LogP) is 3.77. The standard InChI is InChI=1S/C24H32N4O3/c1-4-10-25-24(29)31-15-18-12-17-9-11-28(18)14-20(17)22-13-21(26-16(2)27-22)19-7-5-6-8-23(19)30-3/h5-8,13,17-18,20H,4,9-12,14-15H2,1-3H3,(H,25,29)/t17-,18-,20+/m1/s1. The lowest BCUT2D eigenvalue weighted by atomic mass is 9.74. The lowest BCUT2D eigenvalue weighted by molar-refractivity contribution is -0.00346. The van der Waals surface area contributed by atoms with Crippen molar-refractivity contribution in [1.82, 2.24) is 20.2 Å². The summed E-state index contributed by atoms with van der Waals surface area (Å²) >= 11 is 0. The summed E-state index contributed by atoms with van der Waals surface area (Å²) in [4.78, 5) is 23.8. The SMILES string of the molecule is CCCNC(=O)OC[C@H]1C[C@H]2CCN1C[C@@H]2c1cc(-c2ccccc2OC)nc(C)n1. The third-order valence-corrected chi connectivity index (χ3v) is 6.43. The second kappa shape index (κ2) is 9.64. The first-order valence-electron chi connectivity index (χ1n) is 11.2. The van der Waals surface area contributed by atoms with Crippen LogP contribution in [-0.2, 0) is 4.74 Å². The molecule has 1 aromatic heterocycles. The largest absolute Gasteiger partial charge is 0.496 e. The number of nitrogens with one attached hydrogen (secondary N) is 1. The van der Waals surface area contributed by atoms with Crippen molar-refractivity contribution in [1.29, 1.82) is 0 Å². The zero-order valence-corrected chi connectivity index (χ0v) is 18.6. The molecule has 1 N–H and O–H groups in total. The van der Waals surface area contributed by atoms with Crippen molar-refractivity contribution in [2.45, 2.75) is 45.1 Å². The van der Waals surface area contributed by atoms with Crippen molar-refractivity contribution in [3.8, 4) is 17.0 Å². The van der Waals surface area contributed by atoms with E-state index < -0.39 is 0 Å². The Bertz CT molecular complexity index is 919. The molecule has 1 unspecified atom stereocenters. The van der Waals surface area contributed by atoms with Gasteiger partial charge >= 0.3 is 6.09 Å². The molecule has 7 heteroatoms. The minimum atomic E-state index is -0.311. The number of aromatic nitrogens is 2. The number of carbonyl (C=O) groups excluding carboxylic acids is 1. The van der Waals surface area contributed by atoms with Crippen molar-refractivity contribution < 1.29 is 14.3 Å². The third kappa shape index (κ3) is 4.82. The van der Waals surface area contributed by atoms with E-state index in [1.54, 1.807) is 7.11 Å². The van der Waals surface area contributed by atoms with Gasteiger partial charge in [0.05, 0.1) is 12.8 Å². The number of hydrogen-bond acceptors (Lipinski definition) is 6. The number of ether oxygens (including phenoxy) is 2. The monoisotopic (exact) mass is 424 g/mol. The van der Waals surface area contributed by atoms with Crippen molar-refractivity contribution in [3.05, 3.63) is 41.9 Å². The van der Waals surface area contributed by atoms with Crippen LogP contribution in [0.1, 0.15) is 43.6 Å². The quantitative estimate of drug-likeness (QED) is 0.729. The highest BCUT2D eigenvalue weighted by molar-refractivity contribution is 5.67. The lowest BCUT2D eigenvalue weighted by Crippen LogP contribution is -2.54. The van der Waals surface area contributed by atoms with Crippen LogP contribution in [0.15, 0.2) is 30.3 Å². The minimum Gasteiger partial charge on any atom is -0.496 e. The Morgan fingerprint density at radius 1 is 1.29 bits per heavy atom. The molecule has 4 heterocycles. The van der Waals surface area contributed by atoms with Crippen LogP contribution in [0.5, 0.6) is 5.75 Å². The maximum absolute atomic E-state index is 11.8. The van der Waals surface area contributed by atoms with Gasteiger partial charge in [-0.3, -0.25) is 4.90 Å². The smallest absolute Gasteiger partial charge is 0.407 e. The van der Waals surface area contributed by atoms with E-state index in [-0.39, 0.29) is 6.09 Å². The Labute approximate surface area is 184 Å². The summed E-state index contributed by atoms with van der Waals surface area (Å²) in [5.74, 6) is 2.51. The van der Waals surface area contributed by atoms with Crippen LogP contribution < -0.4 is 10.1 Å². The average Bonchev–Trinajstić information content (AvgIpc) is 2.81.